The molecule has 2 N–H and O–H groups in total. The topological polar surface area (TPSA) is 77.8 Å². The minimum atomic E-state index is 0.502. The van der Waals surface area contributed by atoms with Crippen LogP contribution in [0.3, 0.4) is 0 Å². The first kappa shape index (κ1) is 12.0. The summed E-state index contributed by atoms with van der Waals surface area (Å²) in [6, 6.07) is 7.96. The molecule has 2 heterocycles. The summed E-state index contributed by atoms with van der Waals surface area (Å²) >= 11 is 1.50. The predicted molar refractivity (Wildman–Crippen MR) is 73.6 cm³/mol. The van der Waals surface area contributed by atoms with Gasteiger partial charge in [-0.2, -0.15) is 4.98 Å². The van der Waals surface area contributed by atoms with Crippen LogP contribution in [0.2, 0.25) is 0 Å². The molecule has 0 saturated heterocycles. The summed E-state index contributed by atoms with van der Waals surface area (Å²) in [5.74, 6) is 1.02. The Labute approximate surface area is 114 Å². The van der Waals surface area contributed by atoms with Crippen LogP contribution < -0.4 is 5.73 Å². The van der Waals surface area contributed by atoms with Crippen molar-refractivity contribution in [1.82, 2.24) is 15.1 Å². The molecule has 0 aliphatic heterocycles. The molecule has 3 rings (SSSR count). The van der Waals surface area contributed by atoms with Gasteiger partial charge < -0.3 is 10.3 Å². The van der Waals surface area contributed by atoms with Crippen molar-refractivity contribution in [2.45, 2.75) is 6.42 Å². The number of rotatable bonds is 4. The smallest absolute Gasteiger partial charge is 0.258 e. The van der Waals surface area contributed by atoms with Gasteiger partial charge >= 0.3 is 0 Å². The molecule has 6 heteroatoms. The average molecular weight is 272 g/mol. The van der Waals surface area contributed by atoms with Crippen LogP contribution in [0.15, 0.2) is 39.7 Å². The third-order valence-electron chi connectivity index (χ3n) is 2.69. The highest BCUT2D eigenvalue weighted by atomic mass is 32.1. The van der Waals surface area contributed by atoms with Crippen molar-refractivity contribution in [2.75, 3.05) is 6.54 Å². The summed E-state index contributed by atoms with van der Waals surface area (Å²) in [5.41, 5.74) is 10.1. The van der Waals surface area contributed by atoms with Gasteiger partial charge in [0.15, 0.2) is 0 Å². The lowest BCUT2D eigenvalue weighted by Gasteiger charge is -1.99. The second-order valence-corrected chi connectivity index (χ2v) is 4.75. The number of nitrogens with two attached hydrogens (primary N) is 1. The second-order valence-electron chi connectivity index (χ2n) is 4.04. The molecule has 0 aliphatic rings. The lowest BCUT2D eigenvalue weighted by Crippen LogP contribution is -2.02. The Hall–Kier alpha value is -2.05. The maximum Gasteiger partial charge on any atom is 0.258 e. The maximum absolute atomic E-state index is 5.56. The molecule has 0 atom stereocenters. The molecule has 5 nitrogen and oxygen atoms in total. The molecule has 3 aromatic rings. The van der Waals surface area contributed by atoms with Gasteiger partial charge in [-0.3, -0.25) is 0 Å². The van der Waals surface area contributed by atoms with Gasteiger partial charge in [0.25, 0.3) is 5.89 Å². The Kier molecular flexibility index (Phi) is 3.35. The first-order chi connectivity index (χ1) is 9.36. The van der Waals surface area contributed by atoms with E-state index in [2.05, 4.69) is 15.1 Å². The summed E-state index contributed by atoms with van der Waals surface area (Å²) < 4.78 is 5.28. The van der Waals surface area contributed by atoms with E-state index in [-0.39, 0.29) is 0 Å². The average Bonchev–Trinajstić information content (AvgIpc) is 3.11. The Morgan fingerprint density at radius 2 is 2.26 bits per heavy atom. The molecule has 0 radical (unpaired) electrons. The third kappa shape index (κ3) is 2.54. The number of aromatic nitrogens is 3. The van der Waals surface area contributed by atoms with Crippen molar-refractivity contribution in [2.24, 2.45) is 5.73 Å². The zero-order valence-electron chi connectivity index (χ0n) is 10.1. The Bertz CT molecular complexity index is 663. The number of hydrogen-bond donors (Lipinski definition) is 1. The van der Waals surface area contributed by atoms with E-state index < -0.39 is 0 Å². The van der Waals surface area contributed by atoms with Crippen LogP contribution >= 0.6 is 11.3 Å². The fourth-order valence-electron chi connectivity index (χ4n) is 1.79. The Balaban J connectivity index is 1.92. The number of hydrogen-bond acceptors (Lipinski definition) is 6. The molecule has 19 heavy (non-hydrogen) atoms. The third-order valence-corrected chi connectivity index (χ3v) is 3.28. The second kappa shape index (κ2) is 5.29. The summed E-state index contributed by atoms with van der Waals surface area (Å²) in [7, 11) is 0. The molecule has 0 amide bonds. The van der Waals surface area contributed by atoms with Gasteiger partial charge in [-0.05, 0) is 30.7 Å². The highest BCUT2D eigenvalue weighted by molar-refractivity contribution is 7.07. The number of nitrogens with zero attached hydrogens (tertiary/aromatic N) is 3. The van der Waals surface area contributed by atoms with Crippen molar-refractivity contribution in [3.8, 4) is 23.0 Å². The van der Waals surface area contributed by atoms with Crippen molar-refractivity contribution in [1.29, 1.82) is 0 Å². The van der Waals surface area contributed by atoms with Crippen LogP contribution in [0, 0.1) is 0 Å². The van der Waals surface area contributed by atoms with Crippen molar-refractivity contribution < 1.29 is 4.52 Å². The van der Waals surface area contributed by atoms with Gasteiger partial charge in [-0.15, -0.1) is 11.3 Å². The summed E-state index contributed by atoms with van der Waals surface area (Å²) in [5, 5.41) is 5.83. The Morgan fingerprint density at radius 1 is 1.32 bits per heavy atom. The van der Waals surface area contributed by atoms with Crippen LogP contribution in [0.1, 0.15) is 5.56 Å². The quantitative estimate of drug-likeness (QED) is 0.788. The van der Waals surface area contributed by atoms with Crippen molar-refractivity contribution in [3.05, 3.63) is 40.7 Å². The highest BCUT2D eigenvalue weighted by Crippen LogP contribution is 2.22. The van der Waals surface area contributed by atoms with E-state index in [0.717, 1.165) is 23.2 Å². The van der Waals surface area contributed by atoms with E-state index in [4.69, 9.17) is 10.3 Å². The predicted octanol–water partition coefficient (Wildman–Crippen LogP) is 2.36. The molecule has 0 aliphatic carbocycles. The van der Waals surface area contributed by atoms with Crippen LogP contribution in [0.4, 0.5) is 0 Å². The van der Waals surface area contributed by atoms with Gasteiger partial charge in [-0.1, -0.05) is 17.3 Å². The van der Waals surface area contributed by atoms with Crippen LogP contribution in [-0.2, 0) is 6.42 Å². The van der Waals surface area contributed by atoms with E-state index in [1.165, 1.54) is 11.3 Å². The molecular formula is C13H12N4OS. The maximum atomic E-state index is 5.56. The lowest BCUT2D eigenvalue weighted by molar-refractivity contribution is 0.432. The van der Waals surface area contributed by atoms with E-state index >= 15 is 0 Å². The van der Waals surface area contributed by atoms with E-state index in [9.17, 15) is 0 Å². The molecule has 0 spiro atoms. The van der Waals surface area contributed by atoms with Gasteiger partial charge in [-0.25, -0.2) is 4.98 Å². The van der Waals surface area contributed by atoms with Crippen LogP contribution in [-0.4, -0.2) is 21.7 Å². The minimum Gasteiger partial charge on any atom is -0.334 e. The zero-order chi connectivity index (χ0) is 13.1. The number of benzene rings is 1. The van der Waals surface area contributed by atoms with Gasteiger partial charge in [0.2, 0.25) is 5.82 Å². The SMILES string of the molecule is NCCc1cccc(-c2nc(-c3cscn3)no2)c1. The molecule has 2 aromatic heterocycles. The molecule has 0 unspecified atom stereocenters. The molecule has 96 valence electrons. The first-order valence-corrected chi connectivity index (χ1v) is 6.83. The van der Waals surface area contributed by atoms with Crippen LogP contribution in [0.5, 0.6) is 0 Å². The molecule has 0 fully saturated rings. The molecule has 0 saturated carbocycles. The number of thiazole rings is 1. The fourth-order valence-corrected chi connectivity index (χ4v) is 2.32. The normalized spacial score (nSPS) is 10.8. The largest absolute Gasteiger partial charge is 0.334 e. The summed E-state index contributed by atoms with van der Waals surface area (Å²) in [6.45, 7) is 0.622. The fraction of sp³-hybridized carbons (Fsp3) is 0.154. The summed E-state index contributed by atoms with van der Waals surface area (Å²) in [4.78, 5) is 8.52. The zero-order valence-corrected chi connectivity index (χ0v) is 10.9. The van der Waals surface area contributed by atoms with Crippen LogP contribution in [0.25, 0.3) is 23.0 Å². The lowest BCUT2D eigenvalue weighted by atomic mass is 10.1. The first-order valence-electron chi connectivity index (χ1n) is 5.88. The monoisotopic (exact) mass is 272 g/mol. The van der Waals surface area contributed by atoms with E-state index in [1.54, 1.807) is 5.51 Å². The minimum absolute atomic E-state index is 0.502. The van der Waals surface area contributed by atoms with Gasteiger partial charge in [0, 0.05) is 10.9 Å². The van der Waals surface area contributed by atoms with Gasteiger partial charge in [0.1, 0.15) is 5.69 Å². The Morgan fingerprint density at radius 3 is 3.05 bits per heavy atom. The van der Waals surface area contributed by atoms with Gasteiger partial charge in [0.05, 0.1) is 5.51 Å². The van der Waals surface area contributed by atoms with E-state index in [1.807, 2.05) is 29.6 Å². The van der Waals surface area contributed by atoms with Crippen molar-refractivity contribution in [3.63, 3.8) is 0 Å². The van der Waals surface area contributed by atoms with Crippen molar-refractivity contribution >= 4 is 11.3 Å². The standard InChI is InChI=1S/C13H12N4OS/c14-5-4-9-2-1-3-10(6-9)13-16-12(17-18-13)11-7-19-8-15-11/h1-3,6-8H,4-5,14H2. The van der Waals surface area contributed by atoms with E-state index in [0.29, 0.717) is 18.3 Å². The molecule has 0 bridgehead atoms. The molecule has 1 aromatic carbocycles. The molecular weight excluding hydrogens is 260 g/mol. The highest BCUT2D eigenvalue weighted by Gasteiger charge is 2.11. The summed E-state index contributed by atoms with van der Waals surface area (Å²) in [6.07, 6.45) is 0.834.